The summed E-state index contributed by atoms with van der Waals surface area (Å²) in [6.45, 7) is 3.87. The molecule has 1 aliphatic rings. The molecule has 1 N–H and O–H groups in total. The molecular weight excluding hydrogens is 444 g/mol. The van der Waals surface area contributed by atoms with E-state index in [2.05, 4.69) is 23.9 Å². The largest absolute Gasteiger partial charge is 0.493 e. The van der Waals surface area contributed by atoms with Crippen LogP contribution in [0, 0.1) is 0 Å². The van der Waals surface area contributed by atoms with Gasteiger partial charge in [0.05, 0.1) is 19.9 Å². The van der Waals surface area contributed by atoms with E-state index in [1.807, 2.05) is 12.1 Å². The molecule has 0 radical (unpaired) electrons. The summed E-state index contributed by atoms with van der Waals surface area (Å²) >= 11 is 5.25. The fraction of sp³-hybridized carbons (Fsp3) is 0.250. The number of esters is 1. The number of benzene rings is 2. The number of hydrogen-bond acceptors (Lipinski definition) is 7. The average molecular weight is 469 g/mol. The maximum absolute atomic E-state index is 13.2. The molecule has 2 amide bonds. The fourth-order valence-corrected chi connectivity index (χ4v) is 3.44. The second kappa shape index (κ2) is 10.3. The van der Waals surface area contributed by atoms with Crippen LogP contribution in [0.25, 0.3) is 6.08 Å². The molecule has 0 bridgehead atoms. The highest BCUT2D eigenvalue weighted by molar-refractivity contribution is 7.80. The molecule has 0 atom stereocenters. The molecule has 2 aromatic carbocycles. The molecule has 33 heavy (non-hydrogen) atoms. The number of rotatable bonds is 7. The lowest BCUT2D eigenvalue weighted by atomic mass is 10.0. The zero-order valence-electron chi connectivity index (χ0n) is 18.7. The zero-order chi connectivity index (χ0) is 24.1. The first kappa shape index (κ1) is 23.9. The molecule has 0 aromatic heterocycles. The van der Waals surface area contributed by atoms with Gasteiger partial charge in [-0.3, -0.25) is 19.8 Å². The van der Waals surface area contributed by atoms with Gasteiger partial charge in [0, 0.05) is 0 Å². The lowest BCUT2D eigenvalue weighted by Gasteiger charge is -2.29. The van der Waals surface area contributed by atoms with Crippen LogP contribution in [0.3, 0.4) is 0 Å². The Morgan fingerprint density at radius 3 is 2.39 bits per heavy atom. The van der Waals surface area contributed by atoms with Crippen molar-refractivity contribution in [2.45, 2.75) is 19.8 Å². The van der Waals surface area contributed by atoms with Crippen LogP contribution in [0.15, 0.2) is 48.0 Å². The lowest BCUT2D eigenvalue weighted by molar-refractivity contribution is -0.143. The Hall–Kier alpha value is -3.72. The van der Waals surface area contributed by atoms with Gasteiger partial charge in [0.1, 0.15) is 5.57 Å². The summed E-state index contributed by atoms with van der Waals surface area (Å²) in [6, 6.07) is 12.2. The minimum atomic E-state index is -0.593. The van der Waals surface area contributed by atoms with E-state index in [0.717, 1.165) is 5.56 Å². The predicted molar refractivity (Wildman–Crippen MR) is 127 cm³/mol. The highest BCUT2D eigenvalue weighted by Crippen LogP contribution is 2.30. The number of amides is 2. The van der Waals surface area contributed by atoms with Crippen molar-refractivity contribution in [2.75, 3.05) is 25.7 Å². The van der Waals surface area contributed by atoms with Crippen LogP contribution in [0.5, 0.6) is 11.5 Å². The highest BCUT2D eigenvalue weighted by Gasteiger charge is 2.34. The van der Waals surface area contributed by atoms with Gasteiger partial charge in [-0.15, -0.1) is 0 Å². The van der Waals surface area contributed by atoms with Crippen LogP contribution in [0.4, 0.5) is 5.69 Å². The Morgan fingerprint density at radius 1 is 1.09 bits per heavy atom. The molecule has 0 saturated carbocycles. The number of hydrogen-bond donors (Lipinski definition) is 1. The van der Waals surface area contributed by atoms with E-state index in [0.29, 0.717) is 28.7 Å². The van der Waals surface area contributed by atoms with E-state index in [1.165, 1.54) is 25.2 Å². The molecule has 172 valence electrons. The lowest BCUT2D eigenvalue weighted by Crippen LogP contribution is -2.54. The van der Waals surface area contributed by atoms with Crippen molar-refractivity contribution < 1.29 is 28.6 Å². The predicted octanol–water partition coefficient (Wildman–Crippen LogP) is 3.20. The quantitative estimate of drug-likeness (QED) is 0.289. The standard InChI is InChI=1S/C24H24N2O6S/c1-14(2)16-6-8-17(9-7-16)26-23(29)18(22(28)25-24(26)33)11-15-5-10-19(20(12-15)30-3)32-13-21(27)31-4/h5-12,14H,13H2,1-4H3,(H,25,28,33)/b18-11+. The first-order valence-corrected chi connectivity index (χ1v) is 10.5. The average Bonchev–Trinajstić information content (AvgIpc) is 2.80. The van der Waals surface area contributed by atoms with Crippen molar-refractivity contribution in [1.29, 1.82) is 0 Å². The number of thiocarbonyl (C=S) groups is 1. The first-order valence-electron chi connectivity index (χ1n) is 10.1. The summed E-state index contributed by atoms with van der Waals surface area (Å²) in [5, 5.41) is 2.58. The van der Waals surface area contributed by atoms with Crippen LogP contribution in [-0.4, -0.2) is 43.7 Å². The Bertz CT molecular complexity index is 1120. The van der Waals surface area contributed by atoms with E-state index < -0.39 is 17.8 Å². The van der Waals surface area contributed by atoms with Crippen molar-refractivity contribution >= 4 is 46.9 Å². The zero-order valence-corrected chi connectivity index (χ0v) is 19.5. The van der Waals surface area contributed by atoms with Gasteiger partial charge < -0.3 is 14.2 Å². The summed E-state index contributed by atoms with van der Waals surface area (Å²) in [7, 11) is 2.70. The summed E-state index contributed by atoms with van der Waals surface area (Å²) in [5.74, 6) is -0.680. The van der Waals surface area contributed by atoms with Crippen molar-refractivity contribution in [2.24, 2.45) is 0 Å². The van der Waals surface area contributed by atoms with Gasteiger partial charge >= 0.3 is 5.97 Å². The maximum Gasteiger partial charge on any atom is 0.343 e. The molecule has 0 aliphatic carbocycles. The van der Waals surface area contributed by atoms with Gasteiger partial charge in [0.15, 0.2) is 23.2 Å². The van der Waals surface area contributed by atoms with Gasteiger partial charge in [0.2, 0.25) is 0 Å². The molecule has 0 spiro atoms. The summed E-state index contributed by atoms with van der Waals surface area (Å²) in [5.41, 5.74) is 2.13. The molecule has 1 heterocycles. The van der Waals surface area contributed by atoms with Crippen molar-refractivity contribution in [3.63, 3.8) is 0 Å². The van der Waals surface area contributed by atoms with Gasteiger partial charge in [0.25, 0.3) is 11.8 Å². The second-order valence-corrected chi connectivity index (χ2v) is 7.87. The molecular formula is C24H24N2O6S. The smallest absolute Gasteiger partial charge is 0.343 e. The van der Waals surface area contributed by atoms with Crippen LogP contribution in [0.2, 0.25) is 0 Å². The number of ether oxygens (including phenoxy) is 3. The number of nitrogens with one attached hydrogen (secondary N) is 1. The number of anilines is 1. The highest BCUT2D eigenvalue weighted by atomic mass is 32.1. The molecule has 9 heteroatoms. The minimum Gasteiger partial charge on any atom is -0.493 e. The van der Waals surface area contributed by atoms with Gasteiger partial charge in [-0.25, -0.2) is 4.79 Å². The molecule has 1 saturated heterocycles. The number of nitrogens with zero attached hydrogens (tertiary/aromatic N) is 1. The van der Waals surface area contributed by atoms with Crippen LogP contribution in [-0.2, 0) is 19.1 Å². The number of carbonyl (C=O) groups is 3. The van der Waals surface area contributed by atoms with Gasteiger partial charge in [-0.1, -0.05) is 32.0 Å². The third kappa shape index (κ3) is 5.38. The van der Waals surface area contributed by atoms with E-state index in [-0.39, 0.29) is 17.3 Å². The monoisotopic (exact) mass is 468 g/mol. The third-order valence-corrected chi connectivity index (χ3v) is 5.28. The molecule has 2 aromatic rings. The van der Waals surface area contributed by atoms with E-state index in [9.17, 15) is 14.4 Å². The summed E-state index contributed by atoms with van der Waals surface area (Å²) in [6.07, 6.45) is 1.45. The molecule has 3 rings (SSSR count). The fourth-order valence-electron chi connectivity index (χ4n) is 3.16. The second-order valence-electron chi connectivity index (χ2n) is 7.48. The maximum atomic E-state index is 13.2. The minimum absolute atomic E-state index is 0.0172. The molecule has 8 nitrogen and oxygen atoms in total. The summed E-state index contributed by atoms with van der Waals surface area (Å²) < 4.78 is 15.3. The van der Waals surface area contributed by atoms with Crippen molar-refractivity contribution in [3.8, 4) is 11.5 Å². The summed E-state index contributed by atoms with van der Waals surface area (Å²) in [4.78, 5) is 38.4. The molecule has 1 aliphatic heterocycles. The Kier molecular flexibility index (Phi) is 7.44. The molecule has 1 fully saturated rings. The van der Waals surface area contributed by atoms with Crippen molar-refractivity contribution in [3.05, 3.63) is 59.2 Å². The van der Waals surface area contributed by atoms with Crippen LogP contribution < -0.4 is 19.7 Å². The van der Waals surface area contributed by atoms with Crippen molar-refractivity contribution in [1.82, 2.24) is 5.32 Å². The van der Waals surface area contributed by atoms with Gasteiger partial charge in [-0.2, -0.15) is 0 Å². The number of methoxy groups -OCH3 is 2. The SMILES string of the molecule is COC(=O)COc1ccc(/C=C2\C(=O)NC(=S)N(c3ccc(C(C)C)cc3)C2=O)cc1OC. The Labute approximate surface area is 197 Å². The molecule has 0 unspecified atom stereocenters. The normalized spacial score (nSPS) is 15.0. The first-order chi connectivity index (χ1) is 15.7. The van der Waals surface area contributed by atoms with Gasteiger partial charge in [-0.05, 0) is 59.6 Å². The Morgan fingerprint density at radius 2 is 1.79 bits per heavy atom. The third-order valence-electron chi connectivity index (χ3n) is 4.99. The van der Waals surface area contributed by atoms with E-state index in [4.69, 9.17) is 21.7 Å². The van der Waals surface area contributed by atoms with Crippen LogP contribution in [0.1, 0.15) is 30.9 Å². The Balaban J connectivity index is 1.90. The number of carbonyl (C=O) groups excluding carboxylic acids is 3. The van der Waals surface area contributed by atoms with Crippen LogP contribution >= 0.6 is 12.2 Å². The van der Waals surface area contributed by atoms with E-state index >= 15 is 0 Å². The van der Waals surface area contributed by atoms with E-state index in [1.54, 1.807) is 30.3 Å². The topological polar surface area (TPSA) is 94.2 Å².